The molecule has 0 unspecified atom stereocenters. The molecule has 0 aliphatic carbocycles. The SMILES string of the molecule is Cc1ccn2c(CC(=O)Nc3ccccc3Oc3ccccc3)c(-c3ccc(C)c(C)c3)nc2c1. The van der Waals surface area contributed by atoms with Crippen LogP contribution in [0, 0.1) is 20.8 Å². The van der Waals surface area contributed by atoms with Gasteiger partial charge < -0.3 is 14.5 Å². The molecule has 0 saturated heterocycles. The largest absolute Gasteiger partial charge is 0.455 e. The lowest BCUT2D eigenvalue weighted by Crippen LogP contribution is -2.16. The number of imidazole rings is 1. The fourth-order valence-electron chi connectivity index (χ4n) is 4.11. The molecule has 5 nitrogen and oxygen atoms in total. The number of aromatic nitrogens is 2. The zero-order valence-corrected chi connectivity index (χ0v) is 20.1. The summed E-state index contributed by atoms with van der Waals surface area (Å²) >= 11 is 0. The highest BCUT2D eigenvalue weighted by Gasteiger charge is 2.19. The Hall–Kier alpha value is -4.38. The zero-order valence-electron chi connectivity index (χ0n) is 20.1. The Morgan fingerprint density at radius 2 is 1.66 bits per heavy atom. The maximum absolute atomic E-state index is 13.3. The van der Waals surface area contributed by atoms with Gasteiger partial charge in [-0.3, -0.25) is 4.79 Å². The molecule has 0 atom stereocenters. The Bertz CT molecular complexity index is 1520. The van der Waals surface area contributed by atoms with Gasteiger partial charge in [0, 0.05) is 11.8 Å². The number of carbonyl (C=O) groups is 1. The summed E-state index contributed by atoms with van der Waals surface area (Å²) in [5, 5.41) is 3.04. The molecule has 1 N–H and O–H groups in total. The van der Waals surface area contributed by atoms with Crippen LogP contribution in [-0.4, -0.2) is 15.3 Å². The molecule has 5 heteroatoms. The third-order valence-corrected chi connectivity index (χ3v) is 6.12. The van der Waals surface area contributed by atoms with Crippen molar-refractivity contribution in [2.75, 3.05) is 5.32 Å². The van der Waals surface area contributed by atoms with Crippen molar-refractivity contribution < 1.29 is 9.53 Å². The molecular formula is C30H27N3O2. The van der Waals surface area contributed by atoms with Gasteiger partial charge in [-0.15, -0.1) is 0 Å². The van der Waals surface area contributed by atoms with Crippen molar-refractivity contribution in [3.63, 3.8) is 0 Å². The van der Waals surface area contributed by atoms with Crippen molar-refractivity contribution in [1.29, 1.82) is 0 Å². The second kappa shape index (κ2) is 9.47. The lowest BCUT2D eigenvalue weighted by Gasteiger charge is -2.13. The molecule has 174 valence electrons. The van der Waals surface area contributed by atoms with Crippen molar-refractivity contribution in [2.24, 2.45) is 0 Å². The van der Waals surface area contributed by atoms with E-state index in [-0.39, 0.29) is 12.3 Å². The molecule has 0 spiro atoms. The smallest absolute Gasteiger partial charge is 0.230 e. The monoisotopic (exact) mass is 461 g/mol. The van der Waals surface area contributed by atoms with Crippen LogP contribution in [0.15, 0.2) is 91.1 Å². The predicted octanol–water partition coefficient (Wildman–Crippen LogP) is 6.90. The third-order valence-electron chi connectivity index (χ3n) is 6.12. The van der Waals surface area contributed by atoms with Gasteiger partial charge in [0.1, 0.15) is 11.4 Å². The highest BCUT2D eigenvalue weighted by Crippen LogP contribution is 2.31. The summed E-state index contributed by atoms with van der Waals surface area (Å²) in [5.74, 6) is 1.17. The Morgan fingerprint density at radius 3 is 2.46 bits per heavy atom. The second-order valence-electron chi connectivity index (χ2n) is 8.77. The normalized spacial score (nSPS) is 10.9. The first-order valence-corrected chi connectivity index (χ1v) is 11.6. The Balaban J connectivity index is 1.47. The number of benzene rings is 3. The first-order valence-electron chi connectivity index (χ1n) is 11.6. The van der Waals surface area contributed by atoms with Crippen LogP contribution < -0.4 is 10.1 Å². The van der Waals surface area contributed by atoms with Gasteiger partial charge in [0.2, 0.25) is 5.91 Å². The number of pyridine rings is 1. The van der Waals surface area contributed by atoms with Crippen LogP contribution in [-0.2, 0) is 11.2 Å². The molecule has 0 bridgehead atoms. The van der Waals surface area contributed by atoms with E-state index in [4.69, 9.17) is 9.72 Å². The van der Waals surface area contributed by atoms with E-state index >= 15 is 0 Å². The van der Waals surface area contributed by atoms with Gasteiger partial charge in [-0.25, -0.2) is 4.98 Å². The van der Waals surface area contributed by atoms with Gasteiger partial charge in [-0.2, -0.15) is 0 Å². The number of nitrogens with one attached hydrogen (secondary N) is 1. The van der Waals surface area contributed by atoms with Crippen molar-refractivity contribution in [1.82, 2.24) is 9.38 Å². The number of carbonyl (C=O) groups excluding carboxylic acids is 1. The number of para-hydroxylation sites is 3. The van der Waals surface area contributed by atoms with Gasteiger partial charge in [-0.05, 0) is 79.9 Å². The van der Waals surface area contributed by atoms with E-state index < -0.39 is 0 Å². The average molecular weight is 462 g/mol. The fourth-order valence-corrected chi connectivity index (χ4v) is 4.11. The molecule has 1 amide bonds. The number of hydrogen-bond donors (Lipinski definition) is 1. The number of ether oxygens (including phenoxy) is 1. The van der Waals surface area contributed by atoms with Gasteiger partial charge >= 0.3 is 0 Å². The number of fused-ring (bicyclic) bond motifs is 1. The van der Waals surface area contributed by atoms with Crippen LogP contribution in [0.3, 0.4) is 0 Å². The summed E-state index contributed by atoms with van der Waals surface area (Å²) in [4.78, 5) is 18.2. The highest BCUT2D eigenvalue weighted by atomic mass is 16.5. The predicted molar refractivity (Wildman–Crippen MR) is 140 cm³/mol. The molecule has 2 aromatic heterocycles. The minimum absolute atomic E-state index is 0.137. The second-order valence-corrected chi connectivity index (χ2v) is 8.77. The molecule has 5 rings (SSSR count). The van der Waals surface area contributed by atoms with Crippen LogP contribution in [0.25, 0.3) is 16.9 Å². The third kappa shape index (κ3) is 4.80. The van der Waals surface area contributed by atoms with Crippen LogP contribution in [0.1, 0.15) is 22.4 Å². The summed E-state index contributed by atoms with van der Waals surface area (Å²) in [7, 11) is 0. The quantitative estimate of drug-likeness (QED) is 0.299. The molecular weight excluding hydrogens is 434 g/mol. The van der Waals surface area contributed by atoms with Crippen molar-refractivity contribution >= 4 is 17.2 Å². The first-order chi connectivity index (χ1) is 17.0. The molecule has 5 aromatic rings. The van der Waals surface area contributed by atoms with Crippen molar-refractivity contribution in [3.05, 3.63) is 114 Å². The molecule has 35 heavy (non-hydrogen) atoms. The number of anilines is 1. The van der Waals surface area contributed by atoms with E-state index in [1.807, 2.05) is 84.3 Å². The molecule has 0 fully saturated rings. The Morgan fingerprint density at radius 1 is 0.886 bits per heavy atom. The van der Waals surface area contributed by atoms with E-state index in [9.17, 15) is 4.79 Å². The summed E-state index contributed by atoms with van der Waals surface area (Å²) in [6.45, 7) is 6.23. The van der Waals surface area contributed by atoms with Crippen LogP contribution in [0.2, 0.25) is 0 Å². The molecule has 0 aliphatic rings. The van der Waals surface area contributed by atoms with Gasteiger partial charge in [0.15, 0.2) is 5.75 Å². The Kier molecular flexibility index (Phi) is 6.06. The minimum Gasteiger partial charge on any atom is -0.455 e. The summed E-state index contributed by atoms with van der Waals surface area (Å²) < 4.78 is 8.02. The maximum atomic E-state index is 13.3. The minimum atomic E-state index is -0.137. The lowest BCUT2D eigenvalue weighted by molar-refractivity contribution is -0.115. The zero-order chi connectivity index (χ0) is 24.4. The van der Waals surface area contributed by atoms with Gasteiger partial charge in [0.05, 0.1) is 23.5 Å². The number of nitrogens with zero attached hydrogens (tertiary/aromatic N) is 2. The van der Waals surface area contributed by atoms with Gasteiger partial charge in [0.25, 0.3) is 0 Å². The molecule has 3 aromatic carbocycles. The van der Waals surface area contributed by atoms with Crippen molar-refractivity contribution in [2.45, 2.75) is 27.2 Å². The van der Waals surface area contributed by atoms with E-state index in [0.717, 1.165) is 28.2 Å². The maximum Gasteiger partial charge on any atom is 0.230 e. The van der Waals surface area contributed by atoms with Crippen molar-refractivity contribution in [3.8, 4) is 22.8 Å². The molecule has 0 aliphatic heterocycles. The number of aryl methyl sites for hydroxylation is 3. The Labute approximate surface area is 205 Å². The van der Waals surface area contributed by atoms with Crippen LogP contribution in [0.4, 0.5) is 5.69 Å². The van der Waals surface area contributed by atoms with E-state index in [2.05, 4.69) is 37.4 Å². The summed E-state index contributed by atoms with van der Waals surface area (Å²) in [6.07, 6.45) is 2.16. The lowest BCUT2D eigenvalue weighted by atomic mass is 10.0. The number of amides is 1. The molecule has 0 radical (unpaired) electrons. The van der Waals surface area contributed by atoms with E-state index in [1.54, 1.807) is 0 Å². The van der Waals surface area contributed by atoms with Crippen LogP contribution >= 0.6 is 0 Å². The number of rotatable bonds is 6. The average Bonchev–Trinajstić information content (AvgIpc) is 3.19. The van der Waals surface area contributed by atoms with Crippen LogP contribution in [0.5, 0.6) is 11.5 Å². The number of hydrogen-bond acceptors (Lipinski definition) is 3. The molecule has 0 saturated carbocycles. The van der Waals surface area contributed by atoms with E-state index in [0.29, 0.717) is 17.2 Å². The topological polar surface area (TPSA) is 55.6 Å². The first kappa shape index (κ1) is 22.4. The standard InChI is InChI=1S/C30H27N3O2/c1-20-15-16-33-26(30(32-28(33)17-20)23-14-13-21(2)22(3)18-23)19-29(34)31-25-11-7-8-12-27(25)35-24-9-5-4-6-10-24/h4-18H,19H2,1-3H3,(H,31,34). The summed E-state index contributed by atoms with van der Waals surface area (Å²) in [5.41, 5.74) is 7.67. The highest BCUT2D eigenvalue weighted by molar-refractivity contribution is 5.94. The van der Waals surface area contributed by atoms with Gasteiger partial charge in [-0.1, -0.05) is 42.5 Å². The van der Waals surface area contributed by atoms with E-state index in [1.165, 1.54) is 11.1 Å². The summed E-state index contributed by atoms with van der Waals surface area (Å²) in [6, 6.07) is 27.4. The fraction of sp³-hybridized carbons (Fsp3) is 0.133. The molecule has 2 heterocycles.